The smallest absolute Gasteiger partial charge is 0.218 e. The van der Waals surface area contributed by atoms with E-state index in [1.54, 1.807) is 0 Å². The lowest BCUT2D eigenvalue weighted by molar-refractivity contribution is 0.389. The summed E-state index contributed by atoms with van der Waals surface area (Å²) >= 11 is 2.67. The Bertz CT molecular complexity index is 472. The summed E-state index contributed by atoms with van der Waals surface area (Å²) < 4.78 is 66.9. The van der Waals surface area contributed by atoms with Crippen LogP contribution in [-0.4, -0.2) is 12.0 Å². The van der Waals surface area contributed by atoms with E-state index in [1.807, 2.05) is 0 Å². The zero-order chi connectivity index (χ0) is 14.3. The minimum Gasteiger partial charge on any atom is -0.481 e. The Morgan fingerprint density at radius 1 is 1.91 bits per heavy atom. The molecule has 60 valence electrons. The Morgan fingerprint density at radius 2 is 2.73 bits per heavy atom. The van der Waals surface area contributed by atoms with Crippen LogP contribution in [0, 0.1) is 12.7 Å². The molecule has 1 rings (SSSR count). The van der Waals surface area contributed by atoms with Crippen LogP contribution in [0.5, 0.6) is 5.88 Å². The van der Waals surface area contributed by atoms with Crippen molar-refractivity contribution in [3.63, 3.8) is 0 Å². The quantitative estimate of drug-likeness (QED) is 0.734. The second-order valence-electron chi connectivity index (χ2n) is 1.63. The third-order valence-corrected chi connectivity index (χ3v) is 1.50. The molecule has 1 heterocycles. The van der Waals surface area contributed by atoms with Gasteiger partial charge in [0.05, 0.1) is 17.0 Å². The lowest BCUT2D eigenvalue weighted by atomic mass is 10.3. The van der Waals surface area contributed by atoms with Gasteiger partial charge in [0.15, 0.2) is 0 Å². The second-order valence-corrected chi connectivity index (χ2v) is 2.43. The highest BCUT2D eigenvalue weighted by molar-refractivity contribution is 9.10. The summed E-state index contributed by atoms with van der Waals surface area (Å²) in [6, 6.07) is 0. The molecule has 0 saturated carbocycles. The molecular weight excluding hydrogens is 213 g/mol. The number of halogens is 2. The Labute approximate surface area is 82.4 Å². The van der Waals surface area contributed by atoms with Crippen LogP contribution in [0.25, 0.3) is 0 Å². The molecule has 0 N–H and O–H groups in total. The van der Waals surface area contributed by atoms with Crippen LogP contribution in [-0.2, 0) is 0 Å². The SMILES string of the molecule is [2H]c1nc(OC([2H])([2H])[2H])c(C([2H])([2H])[2H])c(F)c1Br. The molecular formula is C7H7BrFNO. The van der Waals surface area contributed by atoms with Crippen molar-refractivity contribution in [1.82, 2.24) is 4.98 Å². The Morgan fingerprint density at radius 3 is 3.36 bits per heavy atom. The molecule has 0 atom stereocenters. The van der Waals surface area contributed by atoms with Crippen LogP contribution in [0.15, 0.2) is 10.6 Å². The van der Waals surface area contributed by atoms with Gasteiger partial charge in [-0.25, -0.2) is 9.37 Å². The van der Waals surface area contributed by atoms with Gasteiger partial charge in [0.1, 0.15) is 5.82 Å². The average molecular weight is 227 g/mol. The van der Waals surface area contributed by atoms with Gasteiger partial charge in [-0.3, -0.25) is 0 Å². The highest BCUT2D eigenvalue weighted by Crippen LogP contribution is 2.23. The van der Waals surface area contributed by atoms with Crippen LogP contribution in [0.1, 0.15) is 15.2 Å². The zero-order valence-corrected chi connectivity index (χ0v) is 6.70. The molecule has 0 aliphatic rings. The standard InChI is InChI=1S/C7H7BrFNO/c1-4-6(9)5(8)3-10-7(4)11-2/h3H,1-2H3/i1D3,2D3,3D. The predicted molar refractivity (Wildman–Crippen MR) is 43.2 cm³/mol. The number of ether oxygens (including phenoxy) is 1. The third kappa shape index (κ3) is 1.50. The van der Waals surface area contributed by atoms with Gasteiger partial charge in [-0.05, 0) is 22.8 Å². The normalized spacial score (nSPS) is 21.5. The number of aromatic nitrogens is 1. The van der Waals surface area contributed by atoms with E-state index < -0.39 is 41.8 Å². The first-order chi connectivity index (χ1) is 7.93. The van der Waals surface area contributed by atoms with Gasteiger partial charge in [0.25, 0.3) is 0 Å². The summed E-state index contributed by atoms with van der Waals surface area (Å²) in [5, 5.41) is 0. The molecule has 0 spiro atoms. The van der Waals surface area contributed by atoms with E-state index in [1.165, 1.54) is 0 Å². The molecule has 0 unspecified atom stereocenters. The predicted octanol–water partition coefficient (Wildman–Crippen LogP) is 2.30. The van der Waals surface area contributed by atoms with Gasteiger partial charge in [-0.15, -0.1) is 0 Å². The number of nitrogens with zero attached hydrogens (tertiary/aromatic N) is 1. The molecule has 0 amide bonds. The monoisotopic (exact) mass is 226 g/mol. The van der Waals surface area contributed by atoms with Gasteiger partial charge in [-0.1, -0.05) is 0 Å². The fraction of sp³-hybridized carbons (Fsp3) is 0.286. The molecule has 0 saturated heterocycles. The van der Waals surface area contributed by atoms with Crippen molar-refractivity contribution in [1.29, 1.82) is 0 Å². The van der Waals surface area contributed by atoms with Crippen molar-refractivity contribution in [2.24, 2.45) is 0 Å². The maximum Gasteiger partial charge on any atom is 0.218 e. The summed E-state index contributed by atoms with van der Waals surface area (Å²) in [4.78, 5) is 3.32. The zero-order valence-electron chi connectivity index (χ0n) is 12.1. The largest absolute Gasteiger partial charge is 0.481 e. The Hall–Kier alpha value is -0.640. The molecule has 0 aliphatic carbocycles. The summed E-state index contributed by atoms with van der Waals surface area (Å²) in [5.41, 5.74) is -0.971. The van der Waals surface area contributed by atoms with E-state index in [-0.39, 0.29) is 0 Å². The van der Waals surface area contributed by atoms with E-state index in [9.17, 15) is 4.39 Å². The lowest BCUT2D eigenvalue weighted by Crippen LogP contribution is -1.94. The molecule has 0 aromatic carbocycles. The van der Waals surface area contributed by atoms with Crippen LogP contribution in [0.4, 0.5) is 4.39 Å². The van der Waals surface area contributed by atoms with Crippen LogP contribution >= 0.6 is 15.9 Å². The first-order valence-corrected chi connectivity index (χ1v) is 3.28. The number of pyridine rings is 1. The van der Waals surface area contributed by atoms with Crippen molar-refractivity contribution < 1.29 is 18.7 Å². The van der Waals surface area contributed by atoms with Crippen molar-refractivity contribution in [3.05, 3.63) is 22.0 Å². The Balaban J connectivity index is 3.50. The molecule has 0 radical (unpaired) electrons. The first-order valence-electron chi connectivity index (χ1n) is 5.98. The molecule has 2 nitrogen and oxygen atoms in total. The highest BCUT2D eigenvalue weighted by Gasteiger charge is 2.08. The summed E-state index contributed by atoms with van der Waals surface area (Å²) in [7, 11) is -2.99. The van der Waals surface area contributed by atoms with Gasteiger partial charge < -0.3 is 4.74 Å². The Kier molecular flexibility index (Phi) is 0.869. The van der Waals surface area contributed by atoms with Crippen molar-refractivity contribution in [2.45, 2.75) is 6.85 Å². The van der Waals surface area contributed by atoms with Gasteiger partial charge >= 0.3 is 0 Å². The topological polar surface area (TPSA) is 22.1 Å². The fourth-order valence-corrected chi connectivity index (χ4v) is 0.769. The molecule has 0 fully saturated rings. The van der Waals surface area contributed by atoms with Gasteiger partial charge in [0.2, 0.25) is 5.88 Å². The first kappa shape index (κ1) is 3.01. The molecule has 0 aliphatic heterocycles. The second kappa shape index (κ2) is 3.17. The van der Waals surface area contributed by atoms with E-state index in [4.69, 9.17) is 9.60 Å². The molecule has 1 aromatic rings. The molecule has 4 heteroatoms. The molecule has 11 heavy (non-hydrogen) atoms. The third-order valence-electron chi connectivity index (χ3n) is 0.978. The number of hydrogen-bond donors (Lipinski definition) is 0. The van der Waals surface area contributed by atoms with Gasteiger partial charge in [-0.2, -0.15) is 0 Å². The summed E-state index contributed by atoms with van der Waals surface area (Å²) in [6.07, 6.45) is -0.653. The maximum atomic E-state index is 13.8. The van der Waals surface area contributed by atoms with Crippen LogP contribution in [0.2, 0.25) is 0 Å². The highest BCUT2D eigenvalue weighted by atomic mass is 79.9. The molecule has 1 aromatic heterocycles. The van der Waals surface area contributed by atoms with Crippen LogP contribution in [0.3, 0.4) is 0 Å². The van der Waals surface area contributed by atoms with E-state index in [0.717, 1.165) is 0 Å². The minimum absolute atomic E-state index is 0.466. The number of rotatable bonds is 1. The summed E-state index contributed by atoms with van der Waals surface area (Å²) in [6.45, 7) is -2.95. The van der Waals surface area contributed by atoms with E-state index >= 15 is 0 Å². The van der Waals surface area contributed by atoms with Gasteiger partial charge in [0, 0.05) is 15.8 Å². The van der Waals surface area contributed by atoms with Crippen molar-refractivity contribution in [3.8, 4) is 5.88 Å². The minimum atomic E-state index is -2.99. The molecule has 0 bridgehead atoms. The summed E-state index contributed by atoms with van der Waals surface area (Å²) in [5.74, 6) is -2.21. The van der Waals surface area contributed by atoms with Crippen LogP contribution < -0.4 is 4.74 Å². The number of methoxy groups -OCH3 is 1. The number of hydrogen-bond acceptors (Lipinski definition) is 2. The lowest BCUT2D eigenvalue weighted by Gasteiger charge is -2.03. The fourth-order valence-electron chi connectivity index (χ4n) is 0.482. The van der Waals surface area contributed by atoms with Crippen molar-refractivity contribution >= 4 is 15.9 Å². The maximum absolute atomic E-state index is 13.8. The average Bonchev–Trinajstić information content (AvgIpc) is 2.09. The van der Waals surface area contributed by atoms with E-state index in [2.05, 4.69) is 25.7 Å². The van der Waals surface area contributed by atoms with E-state index in [0.29, 0.717) is 0 Å². The van der Waals surface area contributed by atoms with Crippen molar-refractivity contribution in [2.75, 3.05) is 7.04 Å².